The van der Waals surface area contributed by atoms with Crippen LogP contribution >= 0.6 is 34.5 Å². The van der Waals surface area contributed by atoms with Crippen LogP contribution in [0.25, 0.3) is 10.6 Å². The maximum absolute atomic E-state index is 6.01. The molecule has 1 aliphatic rings. The van der Waals surface area contributed by atoms with Crippen molar-refractivity contribution >= 4 is 34.5 Å². The Kier molecular flexibility index (Phi) is 3.57. The Morgan fingerprint density at radius 3 is 2.67 bits per heavy atom. The summed E-state index contributed by atoms with van der Waals surface area (Å²) >= 11 is 13.7. The Hall–Kier alpha value is -0.610. The minimum Gasteiger partial charge on any atom is -0.309 e. The van der Waals surface area contributed by atoms with Gasteiger partial charge in [-0.2, -0.15) is 0 Å². The summed E-state index contributed by atoms with van der Waals surface area (Å²) < 4.78 is 0. The smallest absolute Gasteiger partial charge is 0.123 e. The molecule has 0 spiro atoms. The van der Waals surface area contributed by atoms with Crippen molar-refractivity contribution in [2.45, 2.75) is 18.9 Å². The van der Waals surface area contributed by atoms with Gasteiger partial charge in [0, 0.05) is 21.0 Å². The van der Waals surface area contributed by atoms with Gasteiger partial charge in [-0.25, -0.2) is 4.98 Å². The number of nitrogens with zero attached hydrogens (tertiary/aromatic N) is 1. The first-order valence-corrected chi connectivity index (χ1v) is 7.51. The van der Waals surface area contributed by atoms with Crippen LogP contribution < -0.4 is 5.32 Å². The fraction of sp³-hybridized carbons (Fsp3) is 0.308. The van der Waals surface area contributed by atoms with Crippen LogP contribution in [0.2, 0.25) is 10.0 Å². The molecule has 18 heavy (non-hydrogen) atoms. The second-order valence-corrected chi connectivity index (χ2v) is 6.12. The molecule has 0 radical (unpaired) electrons. The summed E-state index contributed by atoms with van der Waals surface area (Å²) in [7, 11) is 0. The monoisotopic (exact) mass is 298 g/mol. The number of hydrogen-bond donors (Lipinski definition) is 1. The first-order chi connectivity index (χ1) is 8.72. The summed E-state index contributed by atoms with van der Waals surface area (Å²) in [6.07, 6.45) is 2.39. The maximum atomic E-state index is 6.01. The zero-order valence-electron chi connectivity index (χ0n) is 9.62. The quantitative estimate of drug-likeness (QED) is 0.880. The fourth-order valence-corrected chi connectivity index (χ4v) is 3.58. The maximum Gasteiger partial charge on any atom is 0.123 e. The highest BCUT2D eigenvalue weighted by Crippen LogP contribution is 2.32. The molecule has 1 atom stereocenters. The van der Waals surface area contributed by atoms with E-state index >= 15 is 0 Å². The summed E-state index contributed by atoms with van der Waals surface area (Å²) in [4.78, 5) is 4.68. The van der Waals surface area contributed by atoms with Gasteiger partial charge in [-0.05, 0) is 37.6 Å². The number of aromatic nitrogens is 1. The van der Waals surface area contributed by atoms with Gasteiger partial charge >= 0.3 is 0 Å². The number of benzene rings is 1. The number of nitrogens with one attached hydrogen (secondary N) is 1. The van der Waals surface area contributed by atoms with E-state index in [1.54, 1.807) is 17.4 Å². The second-order valence-electron chi connectivity index (χ2n) is 4.38. The van der Waals surface area contributed by atoms with Gasteiger partial charge in [-0.1, -0.05) is 23.2 Å². The van der Waals surface area contributed by atoms with Crippen molar-refractivity contribution in [1.82, 2.24) is 10.3 Å². The lowest BCUT2D eigenvalue weighted by Gasteiger charge is -2.05. The third kappa shape index (κ3) is 2.54. The van der Waals surface area contributed by atoms with Gasteiger partial charge in [0.2, 0.25) is 0 Å². The van der Waals surface area contributed by atoms with Gasteiger partial charge in [-0.3, -0.25) is 0 Å². The van der Waals surface area contributed by atoms with Gasteiger partial charge < -0.3 is 5.32 Å². The van der Waals surface area contributed by atoms with Crippen LogP contribution in [0, 0.1) is 0 Å². The van der Waals surface area contributed by atoms with Gasteiger partial charge in [0.1, 0.15) is 5.01 Å². The van der Waals surface area contributed by atoms with E-state index in [2.05, 4.69) is 15.7 Å². The Balaban J connectivity index is 1.92. The van der Waals surface area contributed by atoms with Crippen LogP contribution in [-0.4, -0.2) is 11.5 Å². The molecule has 1 saturated heterocycles. The van der Waals surface area contributed by atoms with Gasteiger partial charge in [0.25, 0.3) is 0 Å². The van der Waals surface area contributed by atoms with Crippen molar-refractivity contribution in [2.24, 2.45) is 0 Å². The lowest BCUT2D eigenvalue weighted by Crippen LogP contribution is -2.12. The molecule has 1 unspecified atom stereocenters. The summed E-state index contributed by atoms with van der Waals surface area (Å²) in [5.74, 6) is 0. The lowest BCUT2D eigenvalue weighted by molar-refractivity contribution is 0.632. The fourth-order valence-electron chi connectivity index (χ4n) is 2.19. The molecule has 2 nitrogen and oxygen atoms in total. The summed E-state index contributed by atoms with van der Waals surface area (Å²) in [6.45, 7) is 1.08. The van der Waals surface area contributed by atoms with E-state index in [0.29, 0.717) is 16.1 Å². The van der Waals surface area contributed by atoms with Crippen molar-refractivity contribution in [3.63, 3.8) is 0 Å². The van der Waals surface area contributed by atoms with E-state index in [1.807, 2.05) is 12.1 Å². The number of rotatable bonds is 2. The average Bonchev–Trinajstić information content (AvgIpc) is 2.99. The third-order valence-corrected chi connectivity index (χ3v) is 4.39. The minimum atomic E-state index is 0.407. The molecular weight excluding hydrogens is 287 g/mol. The van der Waals surface area contributed by atoms with Gasteiger partial charge in [0.15, 0.2) is 0 Å². The van der Waals surface area contributed by atoms with Crippen molar-refractivity contribution in [3.8, 4) is 10.6 Å². The Morgan fingerprint density at radius 2 is 2.00 bits per heavy atom. The van der Waals surface area contributed by atoms with E-state index in [-0.39, 0.29) is 0 Å². The summed E-state index contributed by atoms with van der Waals surface area (Å²) in [5.41, 5.74) is 2.12. The zero-order valence-corrected chi connectivity index (χ0v) is 11.9. The summed E-state index contributed by atoms with van der Waals surface area (Å²) in [6, 6.07) is 5.94. The molecule has 94 valence electrons. The molecule has 1 aromatic carbocycles. The molecule has 1 aromatic heterocycles. The molecule has 2 heterocycles. The first-order valence-electron chi connectivity index (χ1n) is 5.87. The van der Waals surface area contributed by atoms with Gasteiger partial charge in [-0.15, -0.1) is 11.3 Å². The van der Waals surface area contributed by atoms with Crippen LogP contribution in [-0.2, 0) is 0 Å². The average molecular weight is 299 g/mol. The Bertz CT molecular complexity index is 542. The van der Waals surface area contributed by atoms with Crippen molar-refractivity contribution in [2.75, 3.05) is 6.54 Å². The molecule has 1 N–H and O–H groups in total. The SMILES string of the molecule is Clc1cc(Cl)cc(-c2nc(C3CCCN3)cs2)c1. The second kappa shape index (κ2) is 5.17. The molecule has 1 aliphatic heterocycles. The number of hydrogen-bond acceptors (Lipinski definition) is 3. The van der Waals surface area contributed by atoms with Crippen molar-refractivity contribution in [3.05, 3.63) is 39.3 Å². The molecule has 0 amide bonds. The van der Waals surface area contributed by atoms with E-state index in [4.69, 9.17) is 23.2 Å². The molecule has 0 saturated carbocycles. The predicted molar refractivity (Wildman–Crippen MR) is 77.5 cm³/mol. The molecule has 2 aromatic rings. The van der Waals surface area contributed by atoms with Crippen molar-refractivity contribution < 1.29 is 0 Å². The molecular formula is C13H12Cl2N2S. The minimum absolute atomic E-state index is 0.407. The van der Waals surface area contributed by atoms with Crippen LogP contribution in [0.4, 0.5) is 0 Å². The lowest BCUT2D eigenvalue weighted by atomic mass is 10.2. The Morgan fingerprint density at radius 1 is 1.22 bits per heavy atom. The highest BCUT2D eigenvalue weighted by atomic mass is 35.5. The van der Waals surface area contributed by atoms with E-state index in [9.17, 15) is 0 Å². The standard InChI is InChI=1S/C13H12Cl2N2S/c14-9-4-8(5-10(15)6-9)13-17-12(7-18-13)11-2-1-3-16-11/h4-7,11,16H,1-3H2. The zero-order chi connectivity index (χ0) is 12.5. The Labute approximate surface area is 120 Å². The molecule has 5 heteroatoms. The molecule has 3 rings (SSSR count). The topological polar surface area (TPSA) is 24.9 Å². The highest BCUT2D eigenvalue weighted by molar-refractivity contribution is 7.13. The normalized spacial score (nSPS) is 19.3. The van der Waals surface area contributed by atoms with E-state index in [1.165, 1.54) is 12.8 Å². The molecule has 0 bridgehead atoms. The first kappa shape index (κ1) is 12.4. The predicted octanol–water partition coefficient (Wildman–Crippen LogP) is 4.54. The molecule has 0 aliphatic carbocycles. The van der Waals surface area contributed by atoms with Crippen LogP contribution in [0.15, 0.2) is 23.6 Å². The number of thiazole rings is 1. The summed E-state index contributed by atoms with van der Waals surface area (Å²) in [5, 5.41) is 7.84. The van der Waals surface area contributed by atoms with Gasteiger partial charge in [0.05, 0.1) is 11.7 Å². The number of halogens is 2. The molecule has 1 fully saturated rings. The highest BCUT2D eigenvalue weighted by Gasteiger charge is 2.19. The van der Waals surface area contributed by atoms with E-state index in [0.717, 1.165) is 22.8 Å². The largest absolute Gasteiger partial charge is 0.309 e. The third-order valence-electron chi connectivity index (χ3n) is 3.05. The van der Waals surface area contributed by atoms with E-state index < -0.39 is 0 Å². The van der Waals surface area contributed by atoms with Crippen LogP contribution in [0.5, 0.6) is 0 Å². The van der Waals surface area contributed by atoms with Crippen molar-refractivity contribution in [1.29, 1.82) is 0 Å². The van der Waals surface area contributed by atoms with Crippen LogP contribution in [0.1, 0.15) is 24.6 Å². The van der Waals surface area contributed by atoms with Crippen LogP contribution in [0.3, 0.4) is 0 Å².